The topological polar surface area (TPSA) is 106 Å². The van der Waals surface area contributed by atoms with E-state index in [1.54, 1.807) is 12.1 Å². The summed E-state index contributed by atoms with van der Waals surface area (Å²) in [7, 11) is 0. The number of nitrogens with zero attached hydrogens (tertiary/aromatic N) is 5. The normalized spacial score (nSPS) is 32.6. The highest BCUT2D eigenvalue weighted by Gasteiger charge is 2.37. The quantitative estimate of drug-likeness (QED) is 0.502. The van der Waals surface area contributed by atoms with Gasteiger partial charge in [-0.1, -0.05) is 11.6 Å². The van der Waals surface area contributed by atoms with Crippen LogP contribution in [0.2, 0.25) is 0 Å². The Hall–Kier alpha value is -2.67. The minimum atomic E-state index is -0.668. The molecule has 0 aromatic carbocycles. The zero-order valence-electron chi connectivity index (χ0n) is 24.0. The molecule has 4 heterocycles. The largest absolute Gasteiger partial charge is 0.491 e. The predicted octanol–water partition coefficient (Wildman–Crippen LogP) is 3.84. The number of aromatic nitrogens is 2. The molecule has 3 aliphatic heterocycles. The van der Waals surface area contributed by atoms with Gasteiger partial charge in [0.25, 0.3) is 5.91 Å². The maximum Gasteiger partial charge on any atom is 0.272 e. The molecule has 3 saturated heterocycles. The zero-order valence-corrected chi connectivity index (χ0v) is 24.8. The van der Waals surface area contributed by atoms with E-state index in [0.717, 1.165) is 68.1 Å². The molecule has 1 aromatic heterocycles. The van der Waals surface area contributed by atoms with Crippen molar-refractivity contribution in [2.45, 2.75) is 64.0 Å². The first-order valence-electron chi connectivity index (χ1n) is 15.4. The van der Waals surface area contributed by atoms with Crippen LogP contribution in [0.3, 0.4) is 0 Å². The van der Waals surface area contributed by atoms with E-state index in [1.165, 1.54) is 45.6 Å². The van der Waals surface area contributed by atoms with Crippen LogP contribution in [0.15, 0.2) is 35.1 Å². The third-order valence-electron chi connectivity index (χ3n) is 9.87. The number of anilines is 1. The summed E-state index contributed by atoms with van der Waals surface area (Å²) in [6.45, 7) is 9.97. The molecule has 0 radical (unpaired) electrons. The van der Waals surface area contributed by atoms with Crippen molar-refractivity contribution in [2.75, 3.05) is 50.7 Å². The van der Waals surface area contributed by atoms with E-state index in [-0.39, 0.29) is 18.1 Å². The number of likely N-dealkylation sites (tertiary alicyclic amines) is 1. The molecule has 0 bridgehead atoms. The van der Waals surface area contributed by atoms with Gasteiger partial charge in [-0.2, -0.15) is 5.26 Å². The number of carbonyl (C=O) groups is 1. The molecule has 1 saturated carbocycles. The Labute approximate surface area is 248 Å². The zero-order chi connectivity index (χ0) is 28.4. The number of fused-ring (bicyclic) bond motifs is 1. The summed E-state index contributed by atoms with van der Waals surface area (Å²) >= 11 is 6.33. The van der Waals surface area contributed by atoms with E-state index in [9.17, 15) is 10.1 Å². The number of rotatable bonds is 7. The predicted molar refractivity (Wildman–Crippen MR) is 158 cm³/mol. The third kappa shape index (κ3) is 6.55. The molecule has 5 aliphatic rings. The maximum absolute atomic E-state index is 12.9. The van der Waals surface area contributed by atoms with Crippen molar-refractivity contribution in [3.8, 4) is 6.07 Å². The van der Waals surface area contributed by atoms with Gasteiger partial charge in [0.1, 0.15) is 5.76 Å². The molecule has 220 valence electrons. The molecular formula is C31H42ClN7O2. The molecule has 9 nitrogen and oxygen atoms in total. The lowest BCUT2D eigenvalue weighted by Crippen LogP contribution is -2.40. The molecule has 41 heavy (non-hydrogen) atoms. The van der Waals surface area contributed by atoms with E-state index in [2.05, 4.69) is 36.7 Å². The number of hydrogen-bond donors (Lipinski definition) is 2. The number of halogens is 1. The fourth-order valence-electron chi connectivity index (χ4n) is 7.13. The Balaban J connectivity index is 0.912. The van der Waals surface area contributed by atoms with Gasteiger partial charge >= 0.3 is 0 Å². The molecule has 2 N–H and O–H groups in total. The number of ether oxygens (including phenoxy) is 1. The van der Waals surface area contributed by atoms with E-state index < -0.39 is 5.41 Å². The lowest BCUT2D eigenvalue weighted by Gasteiger charge is -2.34. The van der Waals surface area contributed by atoms with Gasteiger partial charge in [0.2, 0.25) is 0 Å². The second-order valence-corrected chi connectivity index (χ2v) is 13.3. The number of allylic oxidation sites excluding steroid dienone is 3. The van der Waals surface area contributed by atoms with Crippen LogP contribution in [-0.4, -0.2) is 79.0 Å². The molecule has 6 rings (SSSR count). The van der Waals surface area contributed by atoms with Crippen LogP contribution in [0.4, 0.5) is 5.82 Å². The second kappa shape index (κ2) is 12.3. The number of hydrogen-bond acceptors (Lipinski definition) is 8. The van der Waals surface area contributed by atoms with Gasteiger partial charge in [-0.3, -0.25) is 4.79 Å². The summed E-state index contributed by atoms with van der Waals surface area (Å²) in [4.78, 5) is 17.9. The van der Waals surface area contributed by atoms with E-state index in [4.69, 9.17) is 16.3 Å². The Morgan fingerprint density at radius 2 is 1.88 bits per heavy atom. The highest BCUT2D eigenvalue weighted by Crippen LogP contribution is 2.39. The number of nitriles is 1. The van der Waals surface area contributed by atoms with Gasteiger partial charge in [-0.15, -0.1) is 10.2 Å². The van der Waals surface area contributed by atoms with Gasteiger partial charge in [-0.25, -0.2) is 0 Å². The van der Waals surface area contributed by atoms with Crippen LogP contribution in [0.5, 0.6) is 0 Å². The Morgan fingerprint density at radius 3 is 2.51 bits per heavy atom. The highest BCUT2D eigenvalue weighted by atomic mass is 35.5. The van der Waals surface area contributed by atoms with Crippen LogP contribution in [0.1, 0.15) is 62.4 Å². The summed E-state index contributed by atoms with van der Waals surface area (Å²) in [5.41, 5.74) is -0.303. The summed E-state index contributed by atoms with van der Waals surface area (Å²) < 4.78 is 6.15. The van der Waals surface area contributed by atoms with Crippen LogP contribution in [0, 0.1) is 34.5 Å². The standard InChI is InChI=1S/C31H42ClN7O2/c1-31(20-33)11-8-26(14-28(31)32)41-25-4-2-24(3-5-25)35-30(40)27-6-7-29(37-36-27)39-12-9-21(10-13-39)17-38-18-22-15-34-16-23(22)19-38/h6-8,14,21-25,34H,2-5,9-13,15-19H2,1H3,(H,35,40). The SMILES string of the molecule is CC1(C#N)CC=C(OC2CCC(NC(=O)c3ccc(N4CCC(CN5CC6CNCC6C5)CC4)nn3)CC2)C=C1Cl. The first-order valence-corrected chi connectivity index (χ1v) is 15.7. The Kier molecular flexibility index (Phi) is 8.52. The first kappa shape index (κ1) is 28.4. The molecule has 3 atom stereocenters. The first-order chi connectivity index (χ1) is 19.9. The van der Waals surface area contributed by atoms with Gasteiger partial charge in [0, 0.05) is 43.8 Å². The third-order valence-corrected chi connectivity index (χ3v) is 10.4. The lowest BCUT2D eigenvalue weighted by atomic mass is 9.84. The molecule has 0 spiro atoms. The fraction of sp³-hybridized carbons (Fsp3) is 0.677. The molecule has 10 heteroatoms. The molecule has 1 aromatic rings. The number of carbonyl (C=O) groups excluding carboxylic acids is 1. The monoisotopic (exact) mass is 579 g/mol. The van der Waals surface area contributed by atoms with Crippen LogP contribution in [0.25, 0.3) is 0 Å². The smallest absolute Gasteiger partial charge is 0.272 e. The summed E-state index contributed by atoms with van der Waals surface area (Å²) in [6, 6.07) is 6.11. The number of nitrogens with one attached hydrogen (secondary N) is 2. The Morgan fingerprint density at radius 1 is 1.15 bits per heavy atom. The van der Waals surface area contributed by atoms with E-state index in [1.807, 2.05) is 19.1 Å². The van der Waals surface area contributed by atoms with Crippen molar-refractivity contribution >= 4 is 23.3 Å². The number of piperidine rings is 1. The number of amides is 1. The minimum absolute atomic E-state index is 0.0806. The van der Waals surface area contributed by atoms with Crippen molar-refractivity contribution in [3.05, 3.63) is 40.8 Å². The van der Waals surface area contributed by atoms with Crippen LogP contribution < -0.4 is 15.5 Å². The lowest BCUT2D eigenvalue weighted by molar-refractivity contribution is 0.0722. The van der Waals surface area contributed by atoms with Crippen molar-refractivity contribution in [2.24, 2.45) is 23.2 Å². The van der Waals surface area contributed by atoms with Crippen molar-refractivity contribution in [1.82, 2.24) is 25.7 Å². The highest BCUT2D eigenvalue weighted by molar-refractivity contribution is 6.30. The van der Waals surface area contributed by atoms with E-state index in [0.29, 0.717) is 17.1 Å². The minimum Gasteiger partial charge on any atom is -0.491 e. The summed E-state index contributed by atoms with van der Waals surface area (Å²) in [5, 5.41) is 25.2. The van der Waals surface area contributed by atoms with Crippen LogP contribution in [-0.2, 0) is 4.74 Å². The molecule has 4 fully saturated rings. The van der Waals surface area contributed by atoms with Crippen LogP contribution >= 0.6 is 11.6 Å². The van der Waals surface area contributed by atoms with E-state index >= 15 is 0 Å². The molecular weight excluding hydrogens is 538 g/mol. The van der Waals surface area contributed by atoms with Gasteiger partial charge < -0.3 is 25.2 Å². The van der Waals surface area contributed by atoms with Gasteiger partial charge in [0.15, 0.2) is 11.5 Å². The second-order valence-electron chi connectivity index (χ2n) is 12.9. The Bertz CT molecular complexity index is 1190. The van der Waals surface area contributed by atoms with Crippen molar-refractivity contribution < 1.29 is 9.53 Å². The van der Waals surface area contributed by atoms with Gasteiger partial charge in [0.05, 0.1) is 17.6 Å². The summed E-state index contributed by atoms with van der Waals surface area (Å²) in [6.07, 6.45) is 10.1. The summed E-state index contributed by atoms with van der Waals surface area (Å²) in [5.74, 6) is 3.90. The molecule has 3 unspecified atom stereocenters. The van der Waals surface area contributed by atoms with Gasteiger partial charge in [-0.05, 0) is 107 Å². The fourth-order valence-corrected chi connectivity index (χ4v) is 7.36. The average molecular weight is 580 g/mol. The van der Waals surface area contributed by atoms with Crippen molar-refractivity contribution in [3.63, 3.8) is 0 Å². The maximum atomic E-state index is 12.9. The molecule has 2 aliphatic carbocycles. The van der Waals surface area contributed by atoms with Crippen molar-refractivity contribution in [1.29, 1.82) is 5.26 Å². The molecule has 1 amide bonds. The average Bonchev–Trinajstić information content (AvgIpc) is 3.59.